The van der Waals surface area contributed by atoms with Crippen molar-refractivity contribution >= 4 is 29.9 Å². The van der Waals surface area contributed by atoms with E-state index in [2.05, 4.69) is 27.7 Å². The SMILES string of the molecule is CCOc1ccc(C(C)NC(=NC)NCc2cc(-c3ccccc3)on2)cc1OCC.I. The maximum atomic E-state index is 5.74. The van der Waals surface area contributed by atoms with Crippen molar-refractivity contribution in [3.05, 3.63) is 65.9 Å². The Labute approximate surface area is 206 Å². The summed E-state index contributed by atoms with van der Waals surface area (Å²) in [6.45, 7) is 7.66. The summed E-state index contributed by atoms with van der Waals surface area (Å²) in [5.41, 5.74) is 2.87. The molecular weight excluding hydrogens is 519 g/mol. The molecule has 0 radical (unpaired) electrons. The van der Waals surface area contributed by atoms with Gasteiger partial charge in [-0.2, -0.15) is 0 Å². The summed E-state index contributed by atoms with van der Waals surface area (Å²) in [4.78, 5) is 4.32. The average Bonchev–Trinajstić information content (AvgIpc) is 3.27. The summed E-state index contributed by atoms with van der Waals surface area (Å²) < 4.78 is 16.8. The number of nitrogens with zero attached hydrogens (tertiary/aromatic N) is 2. The van der Waals surface area contributed by atoms with Crippen LogP contribution >= 0.6 is 24.0 Å². The van der Waals surface area contributed by atoms with Crippen LogP contribution in [0.25, 0.3) is 11.3 Å². The van der Waals surface area contributed by atoms with Crippen molar-refractivity contribution in [2.45, 2.75) is 33.4 Å². The van der Waals surface area contributed by atoms with Crippen molar-refractivity contribution < 1.29 is 14.0 Å². The zero-order valence-electron chi connectivity index (χ0n) is 18.9. The van der Waals surface area contributed by atoms with Crippen LogP contribution < -0.4 is 20.1 Å². The molecule has 172 valence electrons. The number of ether oxygens (including phenoxy) is 2. The van der Waals surface area contributed by atoms with Gasteiger partial charge in [-0.1, -0.05) is 41.6 Å². The van der Waals surface area contributed by atoms with E-state index in [9.17, 15) is 0 Å². The van der Waals surface area contributed by atoms with Gasteiger partial charge < -0.3 is 24.6 Å². The molecule has 7 nitrogen and oxygen atoms in total. The Kier molecular flexibility index (Phi) is 10.3. The Bertz CT molecular complexity index is 992. The number of nitrogens with one attached hydrogen (secondary N) is 2. The second kappa shape index (κ2) is 12.9. The van der Waals surface area contributed by atoms with E-state index in [1.54, 1.807) is 7.05 Å². The third-order valence-corrected chi connectivity index (χ3v) is 4.70. The van der Waals surface area contributed by atoms with E-state index in [-0.39, 0.29) is 30.0 Å². The van der Waals surface area contributed by atoms with Crippen LogP contribution in [0.2, 0.25) is 0 Å². The van der Waals surface area contributed by atoms with Gasteiger partial charge in [-0.05, 0) is 38.5 Å². The van der Waals surface area contributed by atoms with Crippen LogP contribution in [0.5, 0.6) is 11.5 Å². The fourth-order valence-electron chi connectivity index (χ4n) is 3.13. The smallest absolute Gasteiger partial charge is 0.191 e. The molecule has 0 saturated carbocycles. The van der Waals surface area contributed by atoms with Gasteiger partial charge in [-0.15, -0.1) is 24.0 Å². The van der Waals surface area contributed by atoms with E-state index in [0.717, 1.165) is 34.1 Å². The predicted octanol–water partition coefficient (Wildman–Crippen LogP) is 5.18. The number of aliphatic imine (C=N–C) groups is 1. The number of hydrogen-bond donors (Lipinski definition) is 2. The molecule has 2 aromatic carbocycles. The number of rotatable bonds is 9. The van der Waals surface area contributed by atoms with Crippen molar-refractivity contribution in [2.24, 2.45) is 4.99 Å². The number of guanidine groups is 1. The predicted molar refractivity (Wildman–Crippen MR) is 138 cm³/mol. The van der Waals surface area contributed by atoms with Crippen LogP contribution in [0.3, 0.4) is 0 Å². The molecule has 0 bridgehead atoms. The molecule has 3 aromatic rings. The minimum absolute atomic E-state index is 0. The quantitative estimate of drug-likeness (QED) is 0.217. The molecule has 32 heavy (non-hydrogen) atoms. The molecule has 8 heteroatoms. The highest BCUT2D eigenvalue weighted by molar-refractivity contribution is 14.0. The number of halogens is 1. The molecule has 0 saturated heterocycles. The Morgan fingerprint density at radius 2 is 1.75 bits per heavy atom. The first kappa shape index (κ1) is 25.5. The summed E-state index contributed by atoms with van der Waals surface area (Å²) >= 11 is 0. The van der Waals surface area contributed by atoms with E-state index in [0.29, 0.717) is 25.7 Å². The third kappa shape index (κ3) is 6.88. The van der Waals surface area contributed by atoms with Crippen molar-refractivity contribution in [3.63, 3.8) is 0 Å². The highest BCUT2D eigenvalue weighted by Gasteiger charge is 2.13. The average molecular weight is 550 g/mol. The minimum Gasteiger partial charge on any atom is -0.490 e. The van der Waals surface area contributed by atoms with E-state index in [1.165, 1.54) is 0 Å². The van der Waals surface area contributed by atoms with Crippen molar-refractivity contribution in [1.82, 2.24) is 15.8 Å². The molecule has 1 heterocycles. The highest BCUT2D eigenvalue weighted by Crippen LogP contribution is 2.30. The lowest BCUT2D eigenvalue weighted by atomic mass is 10.1. The summed E-state index contributed by atoms with van der Waals surface area (Å²) in [6, 6.07) is 17.8. The normalized spacial score (nSPS) is 11.9. The van der Waals surface area contributed by atoms with E-state index in [4.69, 9.17) is 14.0 Å². The minimum atomic E-state index is 0. The standard InChI is InChI=1S/C24H30N4O3.HI/c1-5-29-21-13-12-19(14-23(21)30-6-2)17(3)27-24(25-4)26-16-20-15-22(31-28-20)18-10-8-7-9-11-18;/h7-15,17H,5-6,16H2,1-4H3,(H2,25,26,27);1H. The highest BCUT2D eigenvalue weighted by atomic mass is 127. The summed E-state index contributed by atoms with van der Waals surface area (Å²) in [6.07, 6.45) is 0. The van der Waals surface area contributed by atoms with Crippen LogP contribution in [0.1, 0.15) is 38.1 Å². The van der Waals surface area contributed by atoms with Gasteiger partial charge in [0.25, 0.3) is 0 Å². The largest absolute Gasteiger partial charge is 0.490 e. The monoisotopic (exact) mass is 550 g/mol. The van der Waals surface area contributed by atoms with Crippen molar-refractivity contribution in [2.75, 3.05) is 20.3 Å². The topological polar surface area (TPSA) is 80.9 Å². The van der Waals surface area contributed by atoms with Gasteiger partial charge in [0.05, 0.1) is 25.8 Å². The van der Waals surface area contributed by atoms with Gasteiger partial charge in [0.1, 0.15) is 5.69 Å². The Hall–Kier alpha value is -2.75. The maximum Gasteiger partial charge on any atom is 0.191 e. The summed E-state index contributed by atoms with van der Waals surface area (Å²) in [5, 5.41) is 10.8. The van der Waals surface area contributed by atoms with Crippen LogP contribution in [0, 0.1) is 0 Å². The van der Waals surface area contributed by atoms with Gasteiger partial charge in [0.15, 0.2) is 23.2 Å². The molecule has 0 aliphatic carbocycles. The van der Waals surface area contributed by atoms with Crippen LogP contribution in [0.15, 0.2) is 64.1 Å². The van der Waals surface area contributed by atoms with Crippen molar-refractivity contribution in [3.8, 4) is 22.8 Å². The second-order valence-electron chi connectivity index (χ2n) is 6.91. The lowest BCUT2D eigenvalue weighted by molar-refractivity contribution is 0.287. The Balaban J connectivity index is 0.00000363. The summed E-state index contributed by atoms with van der Waals surface area (Å²) in [7, 11) is 1.74. The Morgan fingerprint density at radius 1 is 1.03 bits per heavy atom. The zero-order valence-corrected chi connectivity index (χ0v) is 21.3. The van der Waals surface area contributed by atoms with Gasteiger partial charge in [-0.25, -0.2) is 0 Å². The second-order valence-corrected chi connectivity index (χ2v) is 6.91. The number of hydrogen-bond acceptors (Lipinski definition) is 5. The molecule has 0 fully saturated rings. The maximum absolute atomic E-state index is 5.74. The zero-order chi connectivity index (χ0) is 22.1. The molecule has 2 N–H and O–H groups in total. The van der Waals surface area contributed by atoms with Gasteiger partial charge in [0.2, 0.25) is 0 Å². The van der Waals surface area contributed by atoms with Gasteiger partial charge in [0, 0.05) is 18.7 Å². The first-order valence-electron chi connectivity index (χ1n) is 10.5. The van der Waals surface area contributed by atoms with Crippen molar-refractivity contribution in [1.29, 1.82) is 0 Å². The first-order chi connectivity index (χ1) is 15.1. The third-order valence-electron chi connectivity index (χ3n) is 4.70. The number of aromatic nitrogens is 1. The molecule has 0 aliphatic heterocycles. The van der Waals surface area contributed by atoms with Gasteiger partial charge in [-0.3, -0.25) is 4.99 Å². The van der Waals surface area contributed by atoms with Crippen LogP contribution in [0.4, 0.5) is 0 Å². The molecule has 1 unspecified atom stereocenters. The molecule has 3 rings (SSSR count). The molecule has 0 amide bonds. The van der Waals surface area contributed by atoms with E-state index < -0.39 is 0 Å². The first-order valence-corrected chi connectivity index (χ1v) is 10.5. The molecule has 0 spiro atoms. The molecular formula is C24H31IN4O3. The fourth-order valence-corrected chi connectivity index (χ4v) is 3.13. The summed E-state index contributed by atoms with van der Waals surface area (Å²) in [5.74, 6) is 2.91. The van der Waals surface area contributed by atoms with Crippen LogP contribution in [-0.2, 0) is 6.54 Å². The van der Waals surface area contributed by atoms with E-state index >= 15 is 0 Å². The molecule has 0 aliphatic rings. The lowest BCUT2D eigenvalue weighted by Crippen LogP contribution is -2.38. The van der Waals surface area contributed by atoms with Crippen LogP contribution in [-0.4, -0.2) is 31.4 Å². The lowest BCUT2D eigenvalue weighted by Gasteiger charge is -2.19. The fraction of sp³-hybridized carbons (Fsp3) is 0.333. The van der Waals surface area contributed by atoms with Gasteiger partial charge >= 0.3 is 0 Å². The molecule has 1 atom stereocenters. The number of benzene rings is 2. The molecule has 1 aromatic heterocycles. The Morgan fingerprint density at radius 3 is 2.44 bits per heavy atom. The van der Waals surface area contributed by atoms with E-state index in [1.807, 2.05) is 68.4 Å².